The van der Waals surface area contributed by atoms with Gasteiger partial charge in [-0.25, -0.2) is 10.8 Å². The standard InChI is InChI=1S/C12H18Cl2N4/c1-7(2)12(3-4-12)6-16-10-8(13)5-9(14)11(17-10)18-15/h5,7H,3-4,6,15H2,1-2H3,(H2,16,17,18). The van der Waals surface area contributed by atoms with Crippen LogP contribution in [0.25, 0.3) is 0 Å². The van der Waals surface area contributed by atoms with Crippen molar-refractivity contribution >= 4 is 34.8 Å². The van der Waals surface area contributed by atoms with E-state index in [9.17, 15) is 0 Å². The van der Waals surface area contributed by atoms with E-state index in [1.165, 1.54) is 12.8 Å². The molecule has 1 saturated carbocycles. The summed E-state index contributed by atoms with van der Waals surface area (Å²) in [6, 6.07) is 1.64. The van der Waals surface area contributed by atoms with Crippen molar-refractivity contribution in [1.82, 2.24) is 4.98 Å². The molecule has 0 radical (unpaired) electrons. The fourth-order valence-electron chi connectivity index (χ4n) is 2.07. The van der Waals surface area contributed by atoms with Crippen LogP contribution < -0.4 is 16.6 Å². The molecule has 4 nitrogen and oxygen atoms in total. The maximum absolute atomic E-state index is 6.11. The summed E-state index contributed by atoms with van der Waals surface area (Å²) in [5, 5.41) is 4.23. The number of pyridine rings is 1. The van der Waals surface area contributed by atoms with Gasteiger partial charge in [-0.1, -0.05) is 37.0 Å². The van der Waals surface area contributed by atoms with Crippen LogP contribution in [0.3, 0.4) is 0 Å². The van der Waals surface area contributed by atoms with E-state index in [0.29, 0.717) is 33.0 Å². The number of halogens is 2. The number of rotatable bonds is 5. The molecule has 1 aliphatic carbocycles. The van der Waals surface area contributed by atoms with E-state index in [0.717, 1.165) is 6.54 Å². The number of hydrogen-bond acceptors (Lipinski definition) is 4. The van der Waals surface area contributed by atoms with Crippen molar-refractivity contribution in [3.8, 4) is 0 Å². The fourth-order valence-corrected chi connectivity index (χ4v) is 2.55. The molecule has 0 atom stereocenters. The second-order valence-corrected chi connectivity index (χ2v) is 5.98. The van der Waals surface area contributed by atoms with Crippen LogP contribution >= 0.6 is 23.2 Å². The first-order valence-corrected chi connectivity index (χ1v) is 6.80. The van der Waals surface area contributed by atoms with E-state index < -0.39 is 0 Å². The predicted molar refractivity (Wildman–Crippen MR) is 77.1 cm³/mol. The Hall–Kier alpha value is -0.710. The lowest BCUT2D eigenvalue weighted by Gasteiger charge is -2.21. The maximum Gasteiger partial charge on any atom is 0.161 e. The highest BCUT2D eigenvalue weighted by atomic mass is 35.5. The Morgan fingerprint density at radius 2 is 1.94 bits per heavy atom. The smallest absolute Gasteiger partial charge is 0.161 e. The van der Waals surface area contributed by atoms with Crippen LogP contribution in [0.1, 0.15) is 26.7 Å². The van der Waals surface area contributed by atoms with Crippen molar-refractivity contribution in [1.29, 1.82) is 0 Å². The van der Waals surface area contributed by atoms with E-state index in [1.54, 1.807) is 6.07 Å². The third-order valence-corrected chi connectivity index (χ3v) is 4.37. The van der Waals surface area contributed by atoms with Crippen LogP contribution in [-0.4, -0.2) is 11.5 Å². The molecular formula is C12H18Cl2N4. The van der Waals surface area contributed by atoms with Crippen molar-refractivity contribution < 1.29 is 0 Å². The number of hydrazine groups is 1. The quantitative estimate of drug-likeness (QED) is 0.573. The van der Waals surface area contributed by atoms with Gasteiger partial charge in [0.25, 0.3) is 0 Å². The molecule has 0 unspecified atom stereocenters. The summed E-state index contributed by atoms with van der Waals surface area (Å²) >= 11 is 12.0. The van der Waals surface area contributed by atoms with Gasteiger partial charge in [0.2, 0.25) is 0 Å². The van der Waals surface area contributed by atoms with Gasteiger partial charge < -0.3 is 10.7 Å². The van der Waals surface area contributed by atoms with E-state index in [4.69, 9.17) is 29.0 Å². The Morgan fingerprint density at radius 1 is 1.33 bits per heavy atom. The topological polar surface area (TPSA) is 63.0 Å². The molecule has 1 fully saturated rings. The first-order chi connectivity index (χ1) is 8.48. The van der Waals surface area contributed by atoms with Gasteiger partial charge in [-0.15, -0.1) is 0 Å². The minimum atomic E-state index is 0.390. The highest BCUT2D eigenvalue weighted by Gasteiger charge is 2.45. The number of nitrogens with zero attached hydrogens (tertiary/aromatic N) is 1. The molecule has 0 aromatic carbocycles. The third kappa shape index (κ3) is 2.66. The highest BCUT2D eigenvalue weighted by Crippen LogP contribution is 2.51. The Labute approximate surface area is 117 Å². The van der Waals surface area contributed by atoms with Crippen LogP contribution in [-0.2, 0) is 0 Å². The van der Waals surface area contributed by atoms with E-state index >= 15 is 0 Å². The zero-order valence-corrected chi connectivity index (χ0v) is 12.1. The minimum absolute atomic E-state index is 0.390. The summed E-state index contributed by atoms with van der Waals surface area (Å²) in [7, 11) is 0. The van der Waals surface area contributed by atoms with Crippen LogP contribution in [0.2, 0.25) is 10.0 Å². The van der Waals surface area contributed by atoms with E-state index in [2.05, 4.69) is 29.6 Å². The van der Waals surface area contributed by atoms with E-state index in [1.807, 2.05) is 0 Å². The van der Waals surface area contributed by atoms with Gasteiger partial charge in [0.15, 0.2) is 5.82 Å². The molecule has 1 aromatic rings. The van der Waals surface area contributed by atoms with Crippen molar-refractivity contribution in [2.24, 2.45) is 17.2 Å². The molecule has 0 bridgehead atoms. The zero-order valence-electron chi connectivity index (χ0n) is 10.6. The van der Waals surface area contributed by atoms with Crippen molar-refractivity contribution in [3.05, 3.63) is 16.1 Å². The number of nitrogens with one attached hydrogen (secondary N) is 2. The first kappa shape index (κ1) is 13.7. The molecule has 1 aromatic heterocycles. The minimum Gasteiger partial charge on any atom is -0.368 e. The van der Waals surface area contributed by atoms with Crippen molar-refractivity contribution in [2.75, 3.05) is 17.3 Å². The molecule has 6 heteroatoms. The normalized spacial score (nSPS) is 16.8. The van der Waals surface area contributed by atoms with Gasteiger partial charge in [0, 0.05) is 6.54 Å². The molecule has 0 saturated heterocycles. The van der Waals surface area contributed by atoms with Gasteiger partial charge in [-0.3, -0.25) is 0 Å². The number of nitrogens with two attached hydrogens (primary N) is 1. The summed E-state index contributed by atoms with van der Waals surface area (Å²) in [6.45, 7) is 5.37. The summed E-state index contributed by atoms with van der Waals surface area (Å²) in [5.41, 5.74) is 2.85. The van der Waals surface area contributed by atoms with Gasteiger partial charge >= 0.3 is 0 Å². The van der Waals surface area contributed by atoms with Crippen LogP contribution in [0.4, 0.5) is 11.6 Å². The van der Waals surface area contributed by atoms with Crippen LogP contribution in [0, 0.1) is 11.3 Å². The fraction of sp³-hybridized carbons (Fsp3) is 0.583. The number of aromatic nitrogens is 1. The molecule has 100 valence electrons. The van der Waals surface area contributed by atoms with Crippen LogP contribution in [0.15, 0.2) is 6.07 Å². The molecule has 4 N–H and O–H groups in total. The lowest BCUT2D eigenvalue weighted by molar-refractivity contribution is 0.380. The SMILES string of the molecule is CC(C)C1(CNc2nc(NN)c(Cl)cc2Cl)CC1. The average Bonchev–Trinajstić information content (AvgIpc) is 3.09. The molecular weight excluding hydrogens is 271 g/mol. The Bertz CT molecular complexity index is 444. The Kier molecular flexibility index (Phi) is 3.90. The number of anilines is 2. The summed E-state index contributed by atoms with van der Waals surface area (Å²) in [6.07, 6.45) is 2.51. The summed E-state index contributed by atoms with van der Waals surface area (Å²) in [5.74, 6) is 7.05. The van der Waals surface area contributed by atoms with Crippen molar-refractivity contribution in [3.63, 3.8) is 0 Å². The van der Waals surface area contributed by atoms with Gasteiger partial charge in [0.1, 0.15) is 5.82 Å². The zero-order chi connectivity index (χ0) is 13.3. The van der Waals surface area contributed by atoms with Crippen molar-refractivity contribution in [2.45, 2.75) is 26.7 Å². The monoisotopic (exact) mass is 288 g/mol. The molecule has 0 spiro atoms. The second-order valence-electron chi connectivity index (χ2n) is 5.16. The number of hydrogen-bond donors (Lipinski definition) is 3. The lowest BCUT2D eigenvalue weighted by Crippen LogP contribution is -2.22. The summed E-state index contributed by atoms with van der Waals surface area (Å²) in [4.78, 5) is 4.27. The van der Waals surface area contributed by atoms with Gasteiger partial charge in [-0.05, 0) is 30.2 Å². The maximum atomic E-state index is 6.11. The average molecular weight is 289 g/mol. The van der Waals surface area contributed by atoms with Crippen LogP contribution in [0.5, 0.6) is 0 Å². The Balaban J connectivity index is 2.10. The summed E-state index contributed by atoms with van der Waals surface area (Å²) < 4.78 is 0. The molecule has 1 aliphatic rings. The molecule has 0 aliphatic heterocycles. The molecule has 0 amide bonds. The molecule has 1 heterocycles. The first-order valence-electron chi connectivity index (χ1n) is 6.05. The third-order valence-electron chi connectivity index (χ3n) is 3.79. The van der Waals surface area contributed by atoms with Gasteiger partial charge in [-0.2, -0.15) is 0 Å². The number of nitrogen functional groups attached to an aromatic ring is 1. The van der Waals surface area contributed by atoms with E-state index in [-0.39, 0.29) is 0 Å². The highest BCUT2D eigenvalue weighted by molar-refractivity contribution is 6.37. The molecule has 18 heavy (non-hydrogen) atoms. The predicted octanol–water partition coefficient (Wildman–Crippen LogP) is 3.52. The second kappa shape index (κ2) is 5.11. The molecule has 2 rings (SSSR count). The Morgan fingerprint density at radius 3 is 2.44 bits per heavy atom. The lowest BCUT2D eigenvalue weighted by atomic mass is 9.92. The van der Waals surface area contributed by atoms with Gasteiger partial charge in [0.05, 0.1) is 10.0 Å². The largest absolute Gasteiger partial charge is 0.368 e.